The van der Waals surface area contributed by atoms with E-state index in [-0.39, 0.29) is 43.5 Å². The fraction of sp³-hybridized carbons (Fsp3) is 0.633. The van der Waals surface area contributed by atoms with Gasteiger partial charge in [0, 0.05) is 6.92 Å². The number of nitrogens with one attached hydrogen (secondary N) is 4. The predicted octanol–water partition coefficient (Wildman–Crippen LogP) is 1.14. The summed E-state index contributed by atoms with van der Waals surface area (Å²) in [6, 6.07) is 4.59. The van der Waals surface area contributed by atoms with Crippen LogP contribution in [-0.4, -0.2) is 82.2 Å². The summed E-state index contributed by atoms with van der Waals surface area (Å²) in [6.45, 7) is 9.49. The number of benzene rings is 1. The van der Waals surface area contributed by atoms with E-state index in [1.165, 1.54) is 6.92 Å². The number of ketones is 1. The summed E-state index contributed by atoms with van der Waals surface area (Å²) >= 11 is 0. The second kappa shape index (κ2) is 17.0. The summed E-state index contributed by atoms with van der Waals surface area (Å²) in [5.74, 6) is -3.25. The molecular weight excluding hydrogens is 607 g/mol. The van der Waals surface area contributed by atoms with Crippen molar-refractivity contribution in [2.24, 2.45) is 11.8 Å². The summed E-state index contributed by atoms with van der Waals surface area (Å²) in [6.07, 6.45) is 1.12. The Bertz CT molecular complexity index is 1230. The van der Waals surface area contributed by atoms with Crippen LogP contribution in [0, 0.1) is 11.8 Å². The first-order valence-corrected chi connectivity index (χ1v) is 16.5. The quantitative estimate of drug-likeness (QED) is 0.0925. The Morgan fingerprint density at radius 3 is 1.84 bits per heavy atom. The molecule has 0 aliphatic carbocycles. The van der Waals surface area contributed by atoms with Crippen molar-refractivity contribution >= 4 is 37.2 Å². The van der Waals surface area contributed by atoms with Crippen molar-refractivity contribution in [2.45, 2.75) is 97.0 Å². The van der Waals surface area contributed by atoms with Gasteiger partial charge < -0.3 is 35.8 Å². The van der Waals surface area contributed by atoms with Gasteiger partial charge in [0.05, 0.1) is 19.3 Å². The van der Waals surface area contributed by atoms with Crippen LogP contribution in [0.3, 0.4) is 0 Å². The van der Waals surface area contributed by atoms with E-state index in [9.17, 15) is 38.3 Å². The summed E-state index contributed by atoms with van der Waals surface area (Å²) in [4.78, 5) is 83.7. The number of Topliss-reactive ketones (excluding diaryl/α,β-unsaturated/α-hetero) is 1. The van der Waals surface area contributed by atoms with Gasteiger partial charge in [-0.1, -0.05) is 58.0 Å². The van der Waals surface area contributed by atoms with E-state index >= 15 is 0 Å². The lowest BCUT2D eigenvalue weighted by molar-refractivity contribution is -0.135. The van der Waals surface area contributed by atoms with Crippen LogP contribution in [0.5, 0.6) is 0 Å². The summed E-state index contributed by atoms with van der Waals surface area (Å²) < 4.78 is 21.3. The van der Waals surface area contributed by atoms with Crippen LogP contribution >= 0.6 is 7.82 Å². The number of hydrogen-bond donors (Lipinski definition) is 6. The van der Waals surface area contributed by atoms with Crippen LogP contribution in [0.1, 0.15) is 66.4 Å². The minimum Gasteiger partial charge on any atom is -0.361 e. The first kappa shape index (κ1) is 38.0. The number of phosphoric ester groups is 1. The molecule has 2 rings (SSSR count). The molecule has 6 N–H and O–H groups in total. The van der Waals surface area contributed by atoms with E-state index in [1.54, 1.807) is 6.92 Å². The molecular formula is C30H47N4O10P. The molecule has 0 spiro atoms. The van der Waals surface area contributed by atoms with Gasteiger partial charge in [-0.25, -0.2) is 4.57 Å². The van der Waals surface area contributed by atoms with Gasteiger partial charge in [0.2, 0.25) is 23.6 Å². The van der Waals surface area contributed by atoms with Gasteiger partial charge in [-0.2, -0.15) is 0 Å². The number of aryl methyl sites for hydroxylation is 1. The van der Waals surface area contributed by atoms with Crippen molar-refractivity contribution in [3.05, 3.63) is 35.9 Å². The first-order valence-electron chi connectivity index (χ1n) is 15.0. The number of hydrogen-bond acceptors (Lipinski definition) is 8. The van der Waals surface area contributed by atoms with Crippen molar-refractivity contribution in [1.29, 1.82) is 0 Å². The number of rotatable bonds is 19. The number of carbonyl (C=O) groups excluding carboxylic acids is 5. The molecule has 14 nitrogen and oxygen atoms in total. The molecule has 0 aromatic heterocycles. The molecule has 252 valence electrons. The van der Waals surface area contributed by atoms with Crippen molar-refractivity contribution in [3.63, 3.8) is 0 Å². The SMILES string of the molecule is CC(=O)N[C@@H](CCc1ccccc1)C(=O)N[C@@H](CC(C)C)C(=O)N[C@@H](COP(=O)(O)O)C(=O)N[C@@H](CC(C)C)C(=O)[C@@]1(C)CO1. The lowest BCUT2D eigenvalue weighted by Crippen LogP contribution is -2.59. The zero-order chi connectivity index (χ0) is 33.9. The molecule has 0 unspecified atom stereocenters. The van der Waals surface area contributed by atoms with Gasteiger partial charge in [0.1, 0.15) is 23.7 Å². The molecule has 4 amide bonds. The van der Waals surface area contributed by atoms with Crippen LogP contribution in [0.4, 0.5) is 0 Å². The molecule has 1 aliphatic heterocycles. The van der Waals surface area contributed by atoms with Gasteiger partial charge in [-0.05, 0) is 50.0 Å². The van der Waals surface area contributed by atoms with Crippen LogP contribution < -0.4 is 21.3 Å². The van der Waals surface area contributed by atoms with Crippen molar-refractivity contribution in [1.82, 2.24) is 21.3 Å². The highest BCUT2D eigenvalue weighted by molar-refractivity contribution is 7.46. The van der Waals surface area contributed by atoms with Gasteiger partial charge >= 0.3 is 7.82 Å². The van der Waals surface area contributed by atoms with Crippen molar-refractivity contribution < 1.29 is 47.6 Å². The Kier molecular flexibility index (Phi) is 14.3. The molecule has 15 heteroatoms. The third-order valence-corrected chi connectivity index (χ3v) is 7.57. The van der Waals surface area contributed by atoms with Crippen LogP contribution in [0.15, 0.2) is 30.3 Å². The third-order valence-electron chi connectivity index (χ3n) is 7.08. The fourth-order valence-corrected chi connectivity index (χ4v) is 5.01. The topological polar surface area (TPSA) is 213 Å². The summed E-state index contributed by atoms with van der Waals surface area (Å²) in [5.41, 5.74) is -0.0986. The Balaban J connectivity index is 2.24. The van der Waals surface area contributed by atoms with Crippen LogP contribution in [0.25, 0.3) is 0 Å². The van der Waals surface area contributed by atoms with Gasteiger partial charge in [-0.15, -0.1) is 0 Å². The standard InChI is InChI=1S/C30H47N4O10P/c1-18(2)14-23(26(36)30(6)17-43-30)32-29(39)25(16-44-45(40,41)42)34-28(38)24(15-19(3)4)33-27(37)22(31-20(5)35)13-12-21-10-8-7-9-11-21/h7-11,18-19,22-25H,12-17H2,1-6H3,(H,31,35)(H,32,39)(H,33,37)(H,34,38)(H2,40,41,42)/t22-,23-,24-,25-,30+/m0/s1. The maximum Gasteiger partial charge on any atom is 0.469 e. The molecule has 0 radical (unpaired) electrons. The molecule has 0 bridgehead atoms. The molecule has 0 saturated carbocycles. The smallest absolute Gasteiger partial charge is 0.361 e. The lowest BCUT2D eigenvalue weighted by Gasteiger charge is -2.27. The van der Waals surface area contributed by atoms with Crippen LogP contribution in [0.2, 0.25) is 0 Å². The predicted molar refractivity (Wildman–Crippen MR) is 164 cm³/mol. The highest BCUT2D eigenvalue weighted by atomic mass is 31.2. The number of amides is 4. The van der Waals surface area contributed by atoms with E-state index in [2.05, 4.69) is 25.8 Å². The van der Waals surface area contributed by atoms with E-state index in [1.807, 2.05) is 58.0 Å². The average Bonchev–Trinajstić information content (AvgIpc) is 3.69. The van der Waals surface area contributed by atoms with E-state index < -0.39 is 67.8 Å². The largest absolute Gasteiger partial charge is 0.469 e. The summed E-state index contributed by atoms with van der Waals surface area (Å²) in [7, 11) is -5.05. The summed E-state index contributed by atoms with van der Waals surface area (Å²) in [5, 5.41) is 10.3. The van der Waals surface area contributed by atoms with Gasteiger partial charge in [-0.3, -0.25) is 28.5 Å². The molecule has 45 heavy (non-hydrogen) atoms. The number of epoxide rings is 1. The van der Waals surface area contributed by atoms with Crippen molar-refractivity contribution in [3.8, 4) is 0 Å². The Hall–Kier alpha value is -3.16. The fourth-order valence-electron chi connectivity index (χ4n) is 4.67. The van der Waals surface area contributed by atoms with E-state index in [0.717, 1.165) is 5.56 Å². The highest BCUT2D eigenvalue weighted by Gasteiger charge is 2.50. The molecule has 1 fully saturated rings. The second-order valence-corrected chi connectivity index (χ2v) is 13.6. The number of carbonyl (C=O) groups is 5. The minimum absolute atomic E-state index is 0.00919. The number of phosphoric acid groups is 1. The van der Waals surface area contributed by atoms with Crippen molar-refractivity contribution in [2.75, 3.05) is 13.2 Å². The zero-order valence-corrected chi connectivity index (χ0v) is 27.6. The maximum atomic E-state index is 13.5. The number of ether oxygens (including phenoxy) is 1. The highest BCUT2D eigenvalue weighted by Crippen LogP contribution is 2.35. The lowest BCUT2D eigenvalue weighted by atomic mass is 9.93. The Morgan fingerprint density at radius 1 is 0.844 bits per heavy atom. The molecule has 5 atom stereocenters. The minimum atomic E-state index is -5.05. The van der Waals surface area contributed by atoms with E-state index in [0.29, 0.717) is 6.42 Å². The molecule has 1 aliphatic rings. The van der Waals surface area contributed by atoms with Crippen LogP contribution in [-0.2, 0) is 44.2 Å². The molecule has 1 aromatic carbocycles. The maximum absolute atomic E-state index is 13.5. The second-order valence-electron chi connectivity index (χ2n) is 12.4. The average molecular weight is 655 g/mol. The van der Waals surface area contributed by atoms with Gasteiger partial charge in [0.25, 0.3) is 0 Å². The van der Waals surface area contributed by atoms with Gasteiger partial charge in [0.15, 0.2) is 5.78 Å². The molecule has 1 saturated heterocycles. The first-order chi connectivity index (χ1) is 20.9. The third kappa shape index (κ3) is 13.8. The zero-order valence-electron chi connectivity index (χ0n) is 26.7. The Morgan fingerprint density at radius 2 is 1.33 bits per heavy atom. The normalized spacial score (nSPS) is 18.8. The Labute approximate surface area is 264 Å². The van der Waals surface area contributed by atoms with E-state index in [4.69, 9.17) is 4.74 Å². The molecule has 1 heterocycles. The molecule has 1 aromatic rings. The monoisotopic (exact) mass is 654 g/mol.